The fourth-order valence-corrected chi connectivity index (χ4v) is 1.40. The van der Waals surface area contributed by atoms with Crippen LogP contribution in [0.25, 0.3) is 0 Å². The predicted octanol–water partition coefficient (Wildman–Crippen LogP) is 0.648. The lowest BCUT2D eigenvalue weighted by Gasteiger charge is -2.16. The van der Waals surface area contributed by atoms with Crippen molar-refractivity contribution in [1.82, 2.24) is 14.7 Å². The standard InChI is InChI=1S/C9H14F2N4O/c1-5-7(12)8(15(3)13-5)9(16)14(2)4-6(10)11/h6H,4,12H2,1-3H3. The van der Waals surface area contributed by atoms with E-state index in [9.17, 15) is 13.6 Å². The van der Waals surface area contributed by atoms with Gasteiger partial charge in [0.1, 0.15) is 5.69 Å². The van der Waals surface area contributed by atoms with Crippen LogP contribution in [0.5, 0.6) is 0 Å². The van der Waals surface area contributed by atoms with E-state index in [2.05, 4.69) is 5.10 Å². The molecule has 5 nitrogen and oxygen atoms in total. The molecule has 0 radical (unpaired) electrons. The average molecular weight is 232 g/mol. The molecule has 0 aliphatic carbocycles. The third-order valence-corrected chi connectivity index (χ3v) is 2.23. The van der Waals surface area contributed by atoms with E-state index in [1.54, 1.807) is 14.0 Å². The normalized spacial score (nSPS) is 10.9. The maximum atomic E-state index is 12.1. The largest absolute Gasteiger partial charge is 0.395 e. The number of nitrogens with zero attached hydrogens (tertiary/aromatic N) is 3. The number of carbonyl (C=O) groups is 1. The number of rotatable bonds is 3. The Kier molecular flexibility index (Phi) is 3.46. The molecule has 1 aromatic rings. The smallest absolute Gasteiger partial charge is 0.274 e. The van der Waals surface area contributed by atoms with E-state index in [-0.39, 0.29) is 11.4 Å². The van der Waals surface area contributed by atoms with Crippen molar-refractivity contribution < 1.29 is 13.6 Å². The van der Waals surface area contributed by atoms with E-state index in [0.29, 0.717) is 5.69 Å². The quantitative estimate of drug-likeness (QED) is 0.832. The summed E-state index contributed by atoms with van der Waals surface area (Å²) in [5.41, 5.74) is 6.53. The van der Waals surface area contributed by atoms with E-state index >= 15 is 0 Å². The minimum atomic E-state index is -2.57. The Morgan fingerprint density at radius 3 is 2.56 bits per heavy atom. The number of anilines is 1. The highest BCUT2D eigenvalue weighted by molar-refractivity contribution is 5.97. The first-order chi connectivity index (χ1) is 7.34. The van der Waals surface area contributed by atoms with Gasteiger partial charge < -0.3 is 10.6 Å². The van der Waals surface area contributed by atoms with E-state index < -0.39 is 18.9 Å². The number of carbonyl (C=O) groups excluding carboxylic acids is 1. The number of aromatic nitrogens is 2. The molecule has 0 saturated heterocycles. The van der Waals surface area contributed by atoms with Gasteiger partial charge in [-0.15, -0.1) is 0 Å². The van der Waals surface area contributed by atoms with Gasteiger partial charge in [-0.2, -0.15) is 5.10 Å². The van der Waals surface area contributed by atoms with Crippen LogP contribution >= 0.6 is 0 Å². The second-order valence-corrected chi connectivity index (χ2v) is 3.55. The number of nitrogens with two attached hydrogens (primary N) is 1. The molecule has 16 heavy (non-hydrogen) atoms. The van der Waals surface area contributed by atoms with Crippen molar-refractivity contribution in [1.29, 1.82) is 0 Å². The van der Waals surface area contributed by atoms with Gasteiger partial charge in [0, 0.05) is 14.1 Å². The summed E-state index contributed by atoms with van der Waals surface area (Å²) in [6.07, 6.45) is -2.57. The van der Waals surface area contributed by atoms with Crippen LogP contribution in [0, 0.1) is 6.92 Å². The zero-order chi connectivity index (χ0) is 12.5. The molecule has 0 aromatic carbocycles. The lowest BCUT2D eigenvalue weighted by Crippen LogP contribution is -2.33. The van der Waals surface area contributed by atoms with Crippen LogP contribution in [0.15, 0.2) is 0 Å². The van der Waals surface area contributed by atoms with Crippen molar-refractivity contribution in [2.45, 2.75) is 13.3 Å². The molecule has 0 aliphatic rings. The summed E-state index contributed by atoms with van der Waals surface area (Å²) in [5.74, 6) is -0.555. The number of alkyl halides is 2. The Labute approximate surface area is 91.8 Å². The molecule has 0 atom stereocenters. The van der Waals surface area contributed by atoms with Crippen LogP contribution in [0.1, 0.15) is 16.2 Å². The van der Waals surface area contributed by atoms with Gasteiger partial charge in [-0.05, 0) is 6.92 Å². The molecule has 7 heteroatoms. The summed E-state index contributed by atoms with van der Waals surface area (Å²) in [6.45, 7) is 1.03. The number of hydrogen-bond donors (Lipinski definition) is 1. The Balaban J connectivity index is 2.96. The maximum Gasteiger partial charge on any atom is 0.274 e. The lowest BCUT2D eigenvalue weighted by molar-refractivity contribution is 0.0611. The Bertz CT molecular complexity index is 402. The zero-order valence-corrected chi connectivity index (χ0v) is 9.37. The van der Waals surface area contributed by atoms with Gasteiger partial charge >= 0.3 is 0 Å². The van der Waals surface area contributed by atoms with Gasteiger partial charge in [-0.1, -0.05) is 0 Å². The Morgan fingerprint density at radius 2 is 2.19 bits per heavy atom. The van der Waals surface area contributed by atoms with E-state index in [0.717, 1.165) is 4.90 Å². The van der Waals surface area contributed by atoms with Crippen molar-refractivity contribution in [3.05, 3.63) is 11.4 Å². The minimum Gasteiger partial charge on any atom is -0.395 e. The molecule has 1 heterocycles. The molecule has 1 rings (SSSR count). The Morgan fingerprint density at radius 1 is 1.62 bits per heavy atom. The summed E-state index contributed by atoms with van der Waals surface area (Å²) >= 11 is 0. The van der Waals surface area contributed by atoms with E-state index in [1.165, 1.54) is 11.7 Å². The molecule has 0 saturated carbocycles. The second kappa shape index (κ2) is 4.46. The first kappa shape index (κ1) is 12.4. The van der Waals surface area contributed by atoms with Crippen LogP contribution < -0.4 is 5.73 Å². The molecule has 2 N–H and O–H groups in total. The first-order valence-corrected chi connectivity index (χ1v) is 4.67. The molecule has 0 spiro atoms. The Hall–Kier alpha value is -1.66. The number of amides is 1. The van der Waals surface area contributed by atoms with Gasteiger partial charge in [0.25, 0.3) is 12.3 Å². The highest BCUT2D eigenvalue weighted by atomic mass is 19.3. The summed E-state index contributed by atoms with van der Waals surface area (Å²) in [6, 6.07) is 0. The van der Waals surface area contributed by atoms with Crippen molar-refractivity contribution in [3.8, 4) is 0 Å². The lowest BCUT2D eigenvalue weighted by atomic mass is 10.3. The molecule has 0 bridgehead atoms. The minimum absolute atomic E-state index is 0.139. The van der Waals surface area contributed by atoms with Gasteiger partial charge in [-0.3, -0.25) is 9.48 Å². The third-order valence-electron chi connectivity index (χ3n) is 2.23. The second-order valence-electron chi connectivity index (χ2n) is 3.55. The molecule has 90 valence electrons. The van der Waals surface area contributed by atoms with Gasteiger partial charge in [0.15, 0.2) is 0 Å². The van der Waals surface area contributed by atoms with Crippen LogP contribution in [0.4, 0.5) is 14.5 Å². The number of aryl methyl sites for hydroxylation is 2. The van der Waals surface area contributed by atoms with E-state index in [1.807, 2.05) is 0 Å². The van der Waals surface area contributed by atoms with Crippen LogP contribution in [-0.4, -0.2) is 40.6 Å². The van der Waals surface area contributed by atoms with Crippen LogP contribution in [-0.2, 0) is 7.05 Å². The van der Waals surface area contributed by atoms with Gasteiger partial charge in [-0.25, -0.2) is 8.78 Å². The van der Waals surface area contributed by atoms with Crippen molar-refractivity contribution >= 4 is 11.6 Å². The molecular formula is C9H14F2N4O. The molecular weight excluding hydrogens is 218 g/mol. The predicted molar refractivity (Wildman–Crippen MR) is 55.3 cm³/mol. The number of hydrogen-bond acceptors (Lipinski definition) is 3. The van der Waals surface area contributed by atoms with Crippen molar-refractivity contribution in [2.75, 3.05) is 19.3 Å². The molecule has 0 aliphatic heterocycles. The highest BCUT2D eigenvalue weighted by Gasteiger charge is 2.22. The van der Waals surface area contributed by atoms with Gasteiger partial charge in [0.2, 0.25) is 0 Å². The van der Waals surface area contributed by atoms with Crippen molar-refractivity contribution in [2.24, 2.45) is 7.05 Å². The summed E-state index contributed by atoms with van der Waals surface area (Å²) in [5, 5.41) is 3.95. The summed E-state index contributed by atoms with van der Waals surface area (Å²) in [7, 11) is 2.85. The topological polar surface area (TPSA) is 64.2 Å². The fraction of sp³-hybridized carbons (Fsp3) is 0.556. The zero-order valence-electron chi connectivity index (χ0n) is 9.37. The molecule has 0 unspecified atom stereocenters. The fourth-order valence-electron chi connectivity index (χ4n) is 1.40. The highest BCUT2D eigenvalue weighted by Crippen LogP contribution is 2.17. The first-order valence-electron chi connectivity index (χ1n) is 4.67. The molecule has 1 amide bonds. The average Bonchev–Trinajstić information content (AvgIpc) is 2.39. The molecule has 1 aromatic heterocycles. The SMILES string of the molecule is Cc1nn(C)c(C(=O)N(C)CC(F)F)c1N. The maximum absolute atomic E-state index is 12.1. The third kappa shape index (κ3) is 2.29. The van der Waals surface area contributed by atoms with Crippen LogP contribution in [0.3, 0.4) is 0 Å². The number of halogens is 2. The van der Waals surface area contributed by atoms with Gasteiger partial charge in [0.05, 0.1) is 17.9 Å². The van der Waals surface area contributed by atoms with Crippen LogP contribution in [0.2, 0.25) is 0 Å². The monoisotopic (exact) mass is 232 g/mol. The number of nitrogen functional groups attached to an aromatic ring is 1. The molecule has 0 fully saturated rings. The van der Waals surface area contributed by atoms with E-state index in [4.69, 9.17) is 5.73 Å². The summed E-state index contributed by atoms with van der Waals surface area (Å²) < 4.78 is 25.5. The summed E-state index contributed by atoms with van der Waals surface area (Å²) in [4.78, 5) is 12.7. The van der Waals surface area contributed by atoms with Crippen molar-refractivity contribution in [3.63, 3.8) is 0 Å².